The van der Waals surface area contributed by atoms with E-state index in [1.54, 1.807) is 18.2 Å². The molecule has 0 atom stereocenters. The van der Waals surface area contributed by atoms with Gasteiger partial charge in [0.15, 0.2) is 0 Å². The van der Waals surface area contributed by atoms with Crippen LogP contribution in [0.1, 0.15) is 35.7 Å². The molecule has 1 N–H and O–H groups in total. The Balaban J connectivity index is 2.06. The average Bonchev–Trinajstić information content (AvgIpc) is 3.14. The van der Waals surface area contributed by atoms with Gasteiger partial charge in [0.25, 0.3) is 0 Å². The fourth-order valence-corrected chi connectivity index (χ4v) is 2.11. The molecule has 1 fully saturated rings. The summed E-state index contributed by atoms with van der Waals surface area (Å²) in [7, 11) is 0. The van der Waals surface area contributed by atoms with Crippen LogP contribution in [0.25, 0.3) is 0 Å². The predicted octanol–water partition coefficient (Wildman–Crippen LogP) is 1.94. The van der Waals surface area contributed by atoms with Crippen molar-refractivity contribution in [2.75, 3.05) is 6.54 Å². The minimum atomic E-state index is -0.959. The number of carbonyl (C=O) groups is 2. The Morgan fingerprint density at radius 2 is 2.11 bits per heavy atom. The number of benzene rings is 1. The molecule has 1 aliphatic carbocycles. The molecule has 1 aromatic rings. The maximum Gasteiger partial charge on any atom is 0.335 e. The molecule has 96 valence electrons. The van der Waals surface area contributed by atoms with Crippen LogP contribution in [-0.2, 0) is 11.2 Å². The number of nitrogens with zero attached hydrogens (tertiary/aromatic N) is 1. The number of hydrogen-bond donors (Lipinski definition) is 1. The van der Waals surface area contributed by atoms with Gasteiger partial charge in [0, 0.05) is 12.6 Å². The lowest BCUT2D eigenvalue weighted by Crippen LogP contribution is -2.34. The molecular formula is C14H17NO3. The molecule has 1 amide bonds. The van der Waals surface area contributed by atoms with Crippen LogP contribution in [-0.4, -0.2) is 34.5 Å². The summed E-state index contributed by atoms with van der Waals surface area (Å²) in [5.41, 5.74) is 0.994. The summed E-state index contributed by atoms with van der Waals surface area (Å²) in [5.74, 6) is -0.874. The second kappa shape index (κ2) is 5.21. The Morgan fingerprint density at radius 3 is 2.67 bits per heavy atom. The standard InChI is InChI=1S/C14H17NO3/c1-2-15(12-6-7-12)13(16)9-10-4-3-5-11(8-10)14(17)18/h3-5,8,12H,2,6-7,9H2,1H3,(H,17,18). The van der Waals surface area contributed by atoms with E-state index in [4.69, 9.17) is 5.11 Å². The lowest BCUT2D eigenvalue weighted by Gasteiger charge is -2.20. The van der Waals surface area contributed by atoms with Crippen molar-refractivity contribution in [1.82, 2.24) is 4.90 Å². The lowest BCUT2D eigenvalue weighted by atomic mass is 10.1. The van der Waals surface area contributed by atoms with E-state index in [-0.39, 0.29) is 17.9 Å². The summed E-state index contributed by atoms with van der Waals surface area (Å²) in [5, 5.41) is 8.90. The van der Waals surface area contributed by atoms with Crippen LogP contribution < -0.4 is 0 Å². The molecule has 0 saturated heterocycles. The summed E-state index contributed by atoms with van der Waals surface area (Å²) in [6.07, 6.45) is 2.47. The average molecular weight is 247 g/mol. The van der Waals surface area contributed by atoms with Gasteiger partial charge < -0.3 is 10.0 Å². The van der Waals surface area contributed by atoms with Crippen LogP contribution in [0, 0.1) is 0 Å². The van der Waals surface area contributed by atoms with E-state index in [1.807, 2.05) is 11.8 Å². The van der Waals surface area contributed by atoms with Gasteiger partial charge in [0.1, 0.15) is 0 Å². The number of carboxylic acid groups (broad SMARTS) is 1. The predicted molar refractivity (Wildman–Crippen MR) is 67.5 cm³/mol. The molecule has 0 heterocycles. The Hall–Kier alpha value is -1.84. The van der Waals surface area contributed by atoms with Crippen molar-refractivity contribution in [3.63, 3.8) is 0 Å². The number of rotatable bonds is 5. The van der Waals surface area contributed by atoms with Crippen molar-refractivity contribution in [2.45, 2.75) is 32.2 Å². The van der Waals surface area contributed by atoms with E-state index in [1.165, 1.54) is 6.07 Å². The molecule has 0 aromatic heterocycles. The first-order chi connectivity index (χ1) is 8.61. The molecular weight excluding hydrogens is 230 g/mol. The monoisotopic (exact) mass is 247 g/mol. The SMILES string of the molecule is CCN(C(=O)Cc1cccc(C(=O)O)c1)C1CC1. The molecule has 2 rings (SSSR count). The summed E-state index contributed by atoms with van der Waals surface area (Å²) in [6.45, 7) is 2.70. The highest BCUT2D eigenvalue weighted by Crippen LogP contribution is 2.27. The van der Waals surface area contributed by atoms with Crippen LogP contribution in [0.15, 0.2) is 24.3 Å². The molecule has 0 spiro atoms. The Kier molecular flexibility index (Phi) is 3.65. The number of likely N-dealkylation sites (N-methyl/N-ethyl adjacent to an activating group) is 1. The van der Waals surface area contributed by atoms with Gasteiger partial charge in [-0.3, -0.25) is 4.79 Å². The number of hydrogen-bond acceptors (Lipinski definition) is 2. The molecule has 18 heavy (non-hydrogen) atoms. The van der Waals surface area contributed by atoms with E-state index >= 15 is 0 Å². The highest BCUT2D eigenvalue weighted by Gasteiger charge is 2.31. The van der Waals surface area contributed by atoms with Crippen molar-refractivity contribution in [2.24, 2.45) is 0 Å². The fourth-order valence-electron chi connectivity index (χ4n) is 2.11. The maximum absolute atomic E-state index is 12.1. The fraction of sp³-hybridized carbons (Fsp3) is 0.429. The minimum absolute atomic E-state index is 0.0857. The van der Waals surface area contributed by atoms with Crippen molar-refractivity contribution in [3.8, 4) is 0 Å². The van der Waals surface area contributed by atoms with Gasteiger partial charge in [0.05, 0.1) is 12.0 Å². The summed E-state index contributed by atoms with van der Waals surface area (Å²) < 4.78 is 0. The third kappa shape index (κ3) is 2.88. The topological polar surface area (TPSA) is 57.6 Å². The van der Waals surface area contributed by atoms with Crippen molar-refractivity contribution in [3.05, 3.63) is 35.4 Å². The van der Waals surface area contributed by atoms with E-state index in [2.05, 4.69) is 0 Å². The van der Waals surface area contributed by atoms with Crippen LogP contribution in [0.2, 0.25) is 0 Å². The van der Waals surface area contributed by atoms with E-state index in [9.17, 15) is 9.59 Å². The van der Waals surface area contributed by atoms with Gasteiger partial charge >= 0.3 is 5.97 Å². The van der Waals surface area contributed by atoms with Crippen LogP contribution in [0.3, 0.4) is 0 Å². The van der Waals surface area contributed by atoms with Gasteiger partial charge in [0.2, 0.25) is 5.91 Å². The number of carboxylic acids is 1. The zero-order valence-electron chi connectivity index (χ0n) is 10.4. The largest absolute Gasteiger partial charge is 0.478 e. The molecule has 1 saturated carbocycles. The Labute approximate surface area is 106 Å². The van der Waals surface area contributed by atoms with Crippen LogP contribution in [0.4, 0.5) is 0 Å². The van der Waals surface area contributed by atoms with Gasteiger partial charge in [-0.05, 0) is 37.5 Å². The van der Waals surface area contributed by atoms with Crippen LogP contribution in [0.5, 0.6) is 0 Å². The summed E-state index contributed by atoms with van der Waals surface area (Å²) in [4.78, 5) is 24.8. The van der Waals surface area contributed by atoms with E-state index in [0.717, 1.165) is 24.9 Å². The van der Waals surface area contributed by atoms with Crippen LogP contribution >= 0.6 is 0 Å². The van der Waals surface area contributed by atoms with Gasteiger partial charge in [-0.1, -0.05) is 12.1 Å². The molecule has 4 nitrogen and oxygen atoms in total. The molecule has 0 unspecified atom stereocenters. The summed E-state index contributed by atoms with van der Waals surface area (Å²) >= 11 is 0. The van der Waals surface area contributed by atoms with Gasteiger partial charge in [-0.2, -0.15) is 0 Å². The van der Waals surface area contributed by atoms with Crippen molar-refractivity contribution >= 4 is 11.9 Å². The highest BCUT2D eigenvalue weighted by atomic mass is 16.4. The molecule has 1 aromatic carbocycles. The molecule has 0 aliphatic heterocycles. The van der Waals surface area contributed by atoms with Gasteiger partial charge in [-0.15, -0.1) is 0 Å². The molecule has 4 heteroatoms. The first-order valence-electron chi connectivity index (χ1n) is 6.23. The Morgan fingerprint density at radius 1 is 1.39 bits per heavy atom. The Bertz CT molecular complexity index is 466. The van der Waals surface area contributed by atoms with E-state index < -0.39 is 5.97 Å². The van der Waals surface area contributed by atoms with Crippen molar-refractivity contribution in [1.29, 1.82) is 0 Å². The third-order valence-corrected chi connectivity index (χ3v) is 3.18. The maximum atomic E-state index is 12.1. The quantitative estimate of drug-likeness (QED) is 0.865. The normalized spacial score (nSPS) is 14.3. The third-order valence-electron chi connectivity index (χ3n) is 3.18. The molecule has 0 bridgehead atoms. The number of aromatic carboxylic acids is 1. The van der Waals surface area contributed by atoms with Gasteiger partial charge in [-0.25, -0.2) is 4.79 Å². The summed E-state index contributed by atoms with van der Waals surface area (Å²) in [6, 6.07) is 6.99. The number of amides is 1. The second-order valence-electron chi connectivity index (χ2n) is 4.59. The lowest BCUT2D eigenvalue weighted by molar-refractivity contribution is -0.130. The number of carbonyl (C=O) groups excluding carboxylic acids is 1. The minimum Gasteiger partial charge on any atom is -0.478 e. The smallest absolute Gasteiger partial charge is 0.335 e. The zero-order valence-corrected chi connectivity index (χ0v) is 10.4. The second-order valence-corrected chi connectivity index (χ2v) is 4.59. The molecule has 1 aliphatic rings. The zero-order chi connectivity index (χ0) is 13.1. The van der Waals surface area contributed by atoms with Crippen molar-refractivity contribution < 1.29 is 14.7 Å². The van der Waals surface area contributed by atoms with E-state index in [0.29, 0.717) is 6.04 Å². The first-order valence-corrected chi connectivity index (χ1v) is 6.23. The highest BCUT2D eigenvalue weighted by molar-refractivity contribution is 5.88. The molecule has 0 radical (unpaired) electrons. The first kappa shape index (κ1) is 12.6.